The number of hydrogen-bond donors (Lipinski definition) is 0. The van der Waals surface area contributed by atoms with E-state index in [1.165, 1.54) is 11.1 Å². The summed E-state index contributed by atoms with van der Waals surface area (Å²) >= 11 is 0. The lowest BCUT2D eigenvalue weighted by Crippen LogP contribution is -2.43. The third-order valence-electron chi connectivity index (χ3n) is 4.65. The van der Waals surface area contributed by atoms with E-state index in [0.29, 0.717) is 0 Å². The minimum absolute atomic E-state index is 0.0170. The van der Waals surface area contributed by atoms with Crippen LogP contribution in [0.3, 0.4) is 0 Å². The molecule has 23 heavy (non-hydrogen) atoms. The molecule has 0 bridgehead atoms. The Labute approximate surface area is 137 Å². The molecule has 0 spiro atoms. The molecule has 1 heterocycles. The van der Waals surface area contributed by atoms with Crippen LogP contribution >= 0.6 is 0 Å². The zero-order valence-corrected chi connectivity index (χ0v) is 14.2. The van der Waals surface area contributed by atoms with E-state index in [1.807, 2.05) is 62.1 Å². The van der Waals surface area contributed by atoms with Crippen LogP contribution in [0, 0.1) is 13.8 Å². The van der Waals surface area contributed by atoms with Crippen molar-refractivity contribution in [2.24, 2.45) is 0 Å². The number of carbonyl (C=O) groups is 1. The number of para-hydroxylation sites is 1. The zero-order valence-electron chi connectivity index (χ0n) is 14.2. The zero-order chi connectivity index (χ0) is 16.6. The topological polar surface area (TPSA) is 29.5 Å². The van der Waals surface area contributed by atoms with Crippen LogP contribution in [0.25, 0.3) is 0 Å². The number of amides is 1. The van der Waals surface area contributed by atoms with Crippen molar-refractivity contribution in [3.05, 3.63) is 59.2 Å². The molecule has 2 atom stereocenters. The normalized spacial score (nSPS) is 17.7. The molecule has 1 amide bonds. The summed E-state index contributed by atoms with van der Waals surface area (Å²) in [5, 5.41) is 0. The number of aryl methyl sites for hydroxylation is 1. The van der Waals surface area contributed by atoms with E-state index in [2.05, 4.69) is 13.0 Å². The van der Waals surface area contributed by atoms with Gasteiger partial charge in [-0.2, -0.15) is 0 Å². The van der Waals surface area contributed by atoms with Gasteiger partial charge in [0.15, 0.2) is 6.10 Å². The number of benzene rings is 2. The lowest BCUT2D eigenvalue weighted by atomic mass is 10.1. The summed E-state index contributed by atoms with van der Waals surface area (Å²) in [5.74, 6) is 0.800. The van der Waals surface area contributed by atoms with Gasteiger partial charge in [-0.15, -0.1) is 0 Å². The molecule has 2 aromatic rings. The predicted molar refractivity (Wildman–Crippen MR) is 93.1 cm³/mol. The number of rotatable bonds is 3. The molecule has 0 aliphatic carbocycles. The standard InChI is InChI=1S/C20H23NO2/c1-13-8-7-11-19(15(13)3)23-16(4)20(22)21-14(2)12-17-9-5-6-10-18(17)21/h5-11,14,16H,12H2,1-4H3/t14-,16-/m0/s1. The van der Waals surface area contributed by atoms with Gasteiger partial charge in [0.1, 0.15) is 5.75 Å². The summed E-state index contributed by atoms with van der Waals surface area (Å²) in [6, 6.07) is 14.2. The van der Waals surface area contributed by atoms with Crippen molar-refractivity contribution < 1.29 is 9.53 Å². The van der Waals surface area contributed by atoms with Crippen LogP contribution in [-0.4, -0.2) is 18.1 Å². The van der Waals surface area contributed by atoms with Crippen molar-refractivity contribution in [1.82, 2.24) is 0 Å². The maximum atomic E-state index is 12.9. The number of carbonyl (C=O) groups excluding carboxylic acids is 1. The van der Waals surface area contributed by atoms with Gasteiger partial charge in [0.25, 0.3) is 5.91 Å². The van der Waals surface area contributed by atoms with Crippen LogP contribution in [0.2, 0.25) is 0 Å². The Morgan fingerprint density at radius 3 is 2.70 bits per heavy atom. The van der Waals surface area contributed by atoms with Gasteiger partial charge in [-0.1, -0.05) is 30.3 Å². The van der Waals surface area contributed by atoms with Crippen LogP contribution in [0.15, 0.2) is 42.5 Å². The maximum Gasteiger partial charge on any atom is 0.268 e. The SMILES string of the molecule is Cc1cccc(O[C@@H](C)C(=O)N2c3ccccc3C[C@@H]2C)c1C. The summed E-state index contributed by atoms with van der Waals surface area (Å²) in [6.07, 6.45) is 0.391. The molecule has 0 N–H and O–H groups in total. The second-order valence-electron chi connectivity index (χ2n) is 6.35. The first kappa shape index (κ1) is 15.6. The quantitative estimate of drug-likeness (QED) is 0.856. The Bertz CT molecular complexity index is 738. The third-order valence-corrected chi connectivity index (χ3v) is 4.65. The first-order valence-electron chi connectivity index (χ1n) is 8.13. The molecule has 0 fully saturated rings. The van der Waals surface area contributed by atoms with Crippen LogP contribution in [0.4, 0.5) is 5.69 Å². The molecule has 120 valence electrons. The fourth-order valence-electron chi connectivity index (χ4n) is 3.19. The van der Waals surface area contributed by atoms with Crippen LogP contribution < -0.4 is 9.64 Å². The molecule has 3 nitrogen and oxygen atoms in total. The molecule has 1 aliphatic heterocycles. The second kappa shape index (κ2) is 6.07. The maximum absolute atomic E-state index is 12.9. The predicted octanol–water partition coefficient (Wildman–Crippen LogP) is 4.05. The molecule has 0 aromatic heterocycles. The summed E-state index contributed by atoms with van der Waals surface area (Å²) in [7, 11) is 0. The number of hydrogen-bond acceptors (Lipinski definition) is 2. The summed E-state index contributed by atoms with van der Waals surface area (Å²) < 4.78 is 5.97. The Balaban J connectivity index is 1.82. The Morgan fingerprint density at radius 1 is 1.17 bits per heavy atom. The highest BCUT2D eigenvalue weighted by Gasteiger charge is 2.33. The number of anilines is 1. The number of fused-ring (bicyclic) bond motifs is 1. The van der Waals surface area contributed by atoms with E-state index in [9.17, 15) is 4.79 Å². The van der Waals surface area contributed by atoms with Crippen molar-refractivity contribution in [2.45, 2.75) is 46.3 Å². The number of ether oxygens (including phenoxy) is 1. The van der Waals surface area contributed by atoms with Gasteiger partial charge in [-0.05, 0) is 62.9 Å². The highest BCUT2D eigenvalue weighted by atomic mass is 16.5. The van der Waals surface area contributed by atoms with Gasteiger partial charge in [-0.25, -0.2) is 0 Å². The molecular weight excluding hydrogens is 286 g/mol. The minimum Gasteiger partial charge on any atom is -0.481 e. The fraction of sp³-hybridized carbons (Fsp3) is 0.350. The molecule has 0 saturated heterocycles. The minimum atomic E-state index is -0.510. The Morgan fingerprint density at radius 2 is 1.91 bits per heavy atom. The molecule has 0 unspecified atom stereocenters. The molecule has 3 heteroatoms. The lowest BCUT2D eigenvalue weighted by Gasteiger charge is -2.27. The van der Waals surface area contributed by atoms with E-state index >= 15 is 0 Å². The highest BCUT2D eigenvalue weighted by Crippen LogP contribution is 2.33. The van der Waals surface area contributed by atoms with Gasteiger partial charge in [0.05, 0.1) is 0 Å². The van der Waals surface area contributed by atoms with Crippen molar-refractivity contribution >= 4 is 11.6 Å². The lowest BCUT2D eigenvalue weighted by molar-refractivity contribution is -0.124. The van der Waals surface area contributed by atoms with E-state index in [-0.39, 0.29) is 11.9 Å². The van der Waals surface area contributed by atoms with Gasteiger partial charge in [0.2, 0.25) is 0 Å². The van der Waals surface area contributed by atoms with Gasteiger partial charge in [-0.3, -0.25) is 4.79 Å². The molecule has 1 aliphatic rings. The fourth-order valence-corrected chi connectivity index (χ4v) is 3.19. The van der Waals surface area contributed by atoms with Crippen LogP contribution in [0.5, 0.6) is 5.75 Å². The Kier molecular flexibility index (Phi) is 4.12. The summed E-state index contributed by atoms with van der Waals surface area (Å²) in [6.45, 7) is 7.99. The van der Waals surface area contributed by atoms with E-state index in [1.54, 1.807) is 0 Å². The van der Waals surface area contributed by atoms with Crippen molar-refractivity contribution in [3.8, 4) is 5.75 Å². The largest absolute Gasteiger partial charge is 0.481 e. The average Bonchev–Trinajstić information content (AvgIpc) is 2.86. The van der Waals surface area contributed by atoms with E-state index < -0.39 is 6.10 Å². The molecule has 3 rings (SSSR count). The van der Waals surface area contributed by atoms with Crippen LogP contribution in [0.1, 0.15) is 30.5 Å². The number of nitrogens with zero attached hydrogens (tertiary/aromatic N) is 1. The van der Waals surface area contributed by atoms with Crippen molar-refractivity contribution in [3.63, 3.8) is 0 Å². The van der Waals surface area contributed by atoms with Crippen molar-refractivity contribution in [2.75, 3.05) is 4.90 Å². The van der Waals surface area contributed by atoms with E-state index in [4.69, 9.17) is 4.74 Å². The third kappa shape index (κ3) is 2.83. The van der Waals surface area contributed by atoms with Gasteiger partial charge >= 0.3 is 0 Å². The molecular formula is C20H23NO2. The van der Waals surface area contributed by atoms with Gasteiger partial charge < -0.3 is 9.64 Å². The summed E-state index contributed by atoms with van der Waals surface area (Å²) in [5.41, 5.74) is 4.50. The smallest absolute Gasteiger partial charge is 0.268 e. The van der Waals surface area contributed by atoms with Crippen LogP contribution in [-0.2, 0) is 11.2 Å². The molecule has 0 saturated carbocycles. The first-order valence-corrected chi connectivity index (χ1v) is 8.13. The van der Waals surface area contributed by atoms with E-state index in [0.717, 1.165) is 23.4 Å². The average molecular weight is 309 g/mol. The summed E-state index contributed by atoms with van der Waals surface area (Å²) in [4.78, 5) is 14.8. The van der Waals surface area contributed by atoms with Crippen molar-refractivity contribution in [1.29, 1.82) is 0 Å². The van der Waals surface area contributed by atoms with Gasteiger partial charge in [0, 0.05) is 11.7 Å². The monoisotopic (exact) mass is 309 g/mol. The first-order chi connectivity index (χ1) is 11.0. The Hall–Kier alpha value is -2.29. The molecule has 0 radical (unpaired) electrons. The molecule has 2 aromatic carbocycles. The second-order valence-corrected chi connectivity index (χ2v) is 6.35. The highest BCUT2D eigenvalue weighted by molar-refractivity contribution is 5.99.